The molecule has 0 N–H and O–H groups in total. The third-order valence-corrected chi connectivity index (χ3v) is 6.70. The molecule has 0 spiro atoms. The second-order valence-electron chi connectivity index (χ2n) is 9.13. The highest BCUT2D eigenvalue weighted by Gasteiger charge is 2.30. The van der Waals surface area contributed by atoms with Crippen LogP contribution in [0, 0.1) is 5.82 Å². The maximum atomic E-state index is 15.9. The van der Waals surface area contributed by atoms with Gasteiger partial charge in [0.25, 0.3) is 5.56 Å². The largest absolute Gasteiger partial charge is 0.496 e. The molecular weight excluding hydrogens is 463 g/mol. The minimum absolute atomic E-state index is 0.106. The van der Waals surface area contributed by atoms with Crippen LogP contribution in [0.1, 0.15) is 19.4 Å². The fraction of sp³-hybridized carbons (Fsp3) is 0.346. The van der Waals surface area contributed by atoms with E-state index in [4.69, 9.17) is 9.47 Å². The number of aromatic nitrogens is 4. The lowest BCUT2D eigenvalue weighted by molar-refractivity contribution is 0.221. The molecule has 36 heavy (non-hydrogen) atoms. The van der Waals surface area contributed by atoms with Crippen molar-refractivity contribution in [3.05, 3.63) is 64.7 Å². The van der Waals surface area contributed by atoms with E-state index in [0.717, 1.165) is 5.56 Å². The maximum absolute atomic E-state index is 15.9. The molecule has 4 aromatic rings. The fourth-order valence-corrected chi connectivity index (χ4v) is 4.72. The van der Waals surface area contributed by atoms with E-state index in [9.17, 15) is 4.79 Å². The van der Waals surface area contributed by atoms with Crippen LogP contribution in [0.25, 0.3) is 16.6 Å². The molecule has 2 aromatic carbocycles. The van der Waals surface area contributed by atoms with Crippen molar-refractivity contribution in [2.45, 2.75) is 26.4 Å². The molecule has 0 bridgehead atoms. The van der Waals surface area contributed by atoms with E-state index < -0.39 is 5.82 Å². The number of aryl methyl sites for hydroxylation is 1. The first-order valence-corrected chi connectivity index (χ1v) is 11.8. The summed E-state index contributed by atoms with van der Waals surface area (Å²) in [6.07, 6.45) is 4.86. The quantitative estimate of drug-likeness (QED) is 0.421. The van der Waals surface area contributed by atoms with Crippen molar-refractivity contribution < 1.29 is 13.9 Å². The minimum atomic E-state index is -0.460. The average molecular weight is 493 g/mol. The Morgan fingerprint density at radius 1 is 1.06 bits per heavy atom. The molecule has 0 fully saturated rings. The minimum Gasteiger partial charge on any atom is -0.496 e. The number of anilines is 2. The molecule has 5 rings (SSSR count). The van der Waals surface area contributed by atoms with Gasteiger partial charge in [-0.05, 0) is 32.0 Å². The predicted molar refractivity (Wildman–Crippen MR) is 136 cm³/mol. The number of fused-ring (bicyclic) bond motifs is 2. The molecule has 0 amide bonds. The number of ether oxygens (including phenoxy) is 2. The molecule has 0 radical (unpaired) electrons. The standard InChI is InChI=1S/C26H29FN6O3/c1-16(2)31-8-9-32(25-20(14-31)22(35-4)11-23(36-5)24(25)27)17-6-7-21-19(10-17)26(34)33(15-28-21)18-12-29-30(3)13-18/h6-7,10-13,15-16H,8-9,14H2,1-5H3. The lowest BCUT2D eigenvalue weighted by Crippen LogP contribution is -2.34. The Morgan fingerprint density at radius 3 is 2.50 bits per heavy atom. The van der Waals surface area contributed by atoms with Gasteiger partial charge in [0.2, 0.25) is 0 Å². The number of benzene rings is 2. The van der Waals surface area contributed by atoms with Crippen molar-refractivity contribution in [3.63, 3.8) is 0 Å². The SMILES string of the molecule is COc1cc(OC)c2c(c1F)N(c1ccc3ncn(-c4cnn(C)c4)c(=O)c3c1)CCN(C(C)C)C2. The third-order valence-electron chi connectivity index (χ3n) is 6.70. The molecule has 0 atom stereocenters. The van der Waals surface area contributed by atoms with Crippen LogP contribution in [0.3, 0.4) is 0 Å². The number of nitrogens with zero attached hydrogens (tertiary/aromatic N) is 6. The number of rotatable bonds is 5. The summed E-state index contributed by atoms with van der Waals surface area (Å²) in [6, 6.07) is 7.27. The van der Waals surface area contributed by atoms with E-state index in [1.54, 1.807) is 49.4 Å². The Labute approximate surface area is 208 Å². The first-order valence-electron chi connectivity index (χ1n) is 11.8. The summed E-state index contributed by atoms with van der Waals surface area (Å²) in [4.78, 5) is 22.1. The van der Waals surface area contributed by atoms with Gasteiger partial charge in [0, 0.05) is 56.2 Å². The Balaban J connectivity index is 1.71. The lowest BCUT2D eigenvalue weighted by atomic mass is 10.1. The van der Waals surface area contributed by atoms with Gasteiger partial charge in [-0.1, -0.05) is 0 Å². The van der Waals surface area contributed by atoms with Gasteiger partial charge in [0.05, 0.1) is 42.7 Å². The monoisotopic (exact) mass is 492 g/mol. The molecule has 10 heteroatoms. The van der Waals surface area contributed by atoms with E-state index in [2.05, 4.69) is 28.8 Å². The van der Waals surface area contributed by atoms with Crippen LogP contribution in [0.4, 0.5) is 15.8 Å². The van der Waals surface area contributed by atoms with Crippen molar-refractivity contribution >= 4 is 22.3 Å². The molecule has 0 saturated heterocycles. The fourth-order valence-electron chi connectivity index (χ4n) is 4.72. The highest BCUT2D eigenvalue weighted by atomic mass is 19.1. The van der Waals surface area contributed by atoms with Gasteiger partial charge in [0.15, 0.2) is 11.6 Å². The van der Waals surface area contributed by atoms with E-state index in [0.29, 0.717) is 53.3 Å². The average Bonchev–Trinajstić information content (AvgIpc) is 3.19. The molecule has 1 aliphatic rings. The Hall–Kier alpha value is -3.92. The number of methoxy groups -OCH3 is 2. The zero-order valence-corrected chi connectivity index (χ0v) is 21.0. The van der Waals surface area contributed by atoms with Crippen LogP contribution >= 0.6 is 0 Å². The summed E-state index contributed by atoms with van der Waals surface area (Å²) in [5, 5.41) is 4.59. The van der Waals surface area contributed by atoms with Crippen LogP contribution < -0.4 is 19.9 Å². The molecular formula is C26H29FN6O3. The summed E-state index contributed by atoms with van der Waals surface area (Å²) in [5.41, 5.74) is 2.77. The Morgan fingerprint density at radius 2 is 1.83 bits per heavy atom. The van der Waals surface area contributed by atoms with E-state index >= 15 is 4.39 Å². The normalized spacial score (nSPS) is 14.2. The van der Waals surface area contributed by atoms with Gasteiger partial charge in [0.1, 0.15) is 12.1 Å². The molecule has 0 aliphatic carbocycles. The van der Waals surface area contributed by atoms with Crippen molar-refractivity contribution in [2.75, 3.05) is 32.2 Å². The summed E-state index contributed by atoms with van der Waals surface area (Å²) in [7, 11) is 4.80. The van der Waals surface area contributed by atoms with Gasteiger partial charge in [-0.25, -0.2) is 9.37 Å². The second-order valence-corrected chi connectivity index (χ2v) is 9.13. The second kappa shape index (κ2) is 9.27. The smallest absolute Gasteiger partial charge is 0.265 e. The van der Waals surface area contributed by atoms with Gasteiger partial charge in [-0.15, -0.1) is 0 Å². The number of halogens is 1. The predicted octanol–water partition coefficient (Wildman–Crippen LogP) is 3.64. The van der Waals surface area contributed by atoms with Crippen LogP contribution in [-0.4, -0.2) is 57.6 Å². The van der Waals surface area contributed by atoms with Crippen LogP contribution in [0.5, 0.6) is 11.5 Å². The number of hydrogen-bond acceptors (Lipinski definition) is 7. The molecule has 0 saturated carbocycles. The van der Waals surface area contributed by atoms with Crippen LogP contribution in [0.2, 0.25) is 0 Å². The summed E-state index contributed by atoms with van der Waals surface area (Å²) < 4.78 is 30.0. The summed E-state index contributed by atoms with van der Waals surface area (Å²) in [6.45, 7) is 5.97. The van der Waals surface area contributed by atoms with E-state index in [1.165, 1.54) is 18.0 Å². The highest BCUT2D eigenvalue weighted by Crippen LogP contribution is 2.43. The van der Waals surface area contributed by atoms with Crippen molar-refractivity contribution in [1.82, 2.24) is 24.2 Å². The third kappa shape index (κ3) is 3.97. The highest BCUT2D eigenvalue weighted by molar-refractivity contribution is 5.84. The topological polar surface area (TPSA) is 77.6 Å². The zero-order chi connectivity index (χ0) is 25.6. The molecule has 1 aliphatic heterocycles. The first kappa shape index (κ1) is 23.8. The molecule has 9 nitrogen and oxygen atoms in total. The lowest BCUT2D eigenvalue weighted by Gasteiger charge is -2.27. The molecule has 188 valence electrons. The maximum Gasteiger partial charge on any atom is 0.265 e. The molecule has 0 unspecified atom stereocenters. The van der Waals surface area contributed by atoms with Gasteiger partial charge in [-0.3, -0.25) is 18.9 Å². The summed E-state index contributed by atoms with van der Waals surface area (Å²) in [5.74, 6) is 0.204. The van der Waals surface area contributed by atoms with Crippen molar-refractivity contribution in [2.24, 2.45) is 7.05 Å². The zero-order valence-electron chi connectivity index (χ0n) is 21.0. The first-order chi connectivity index (χ1) is 17.3. The molecule has 3 heterocycles. The van der Waals surface area contributed by atoms with Gasteiger partial charge < -0.3 is 14.4 Å². The van der Waals surface area contributed by atoms with Gasteiger partial charge in [-0.2, -0.15) is 5.10 Å². The van der Waals surface area contributed by atoms with Crippen LogP contribution in [0.15, 0.2) is 47.8 Å². The van der Waals surface area contributed by atoms with Crippen molar-refractivity contribution in [1.29, 1.82) is 0 Å². The number of hydrogen-bond donors (Lipinski definition) is 0. The Bertz CT molecular complexity index is 1500. The van der Waals surface area contributed by atoms with E-state index in [1.807, 2.05) is 11.0 Å². The van der Waals surface area contributed by atoms with E-state index in [-0.39, 0.29) is 17.4 Å². The Kier molecular flexibility index (Phi) is 6.13. The van der Waals surface area contributed by atoms with Gasteiger partial charge >= 0.3 is 0 Å². The van der Waals surface area contributed by atoms with Crippen molar-refractivity contribution in [3.8, 4) is 17.2 Å². The molecule has 2 aromatic heterocycles. The summed E-state index contributed by atoms with van der Waals surface area (Å²) >= 11 is 0. The van der Waals surface area contributed by atoms with Crippen LogP contribution in [-0.2, 0) is 13.6 Å².